The number of hydrogen-bond acceptors (Lipinski definition) is 4. The second-order valence-corrected chi connectivity index (χ2v) is 7.95. The van der Waals surface area contributed by atoms with Crippen molar-refractivity contribution in [2.24, 2.45) is 5.73 Å². The molecule has 150 valence electrons. The third kappa shape index (κ3) is 5.31. The van der Waals surface area contributed by atoms with Gasteiger partial charge in [0, 0.05) is 30.6 Å². The van der Waals surface area contributed by atoms with Gasteiger partial charge in [-0.25, -0.2) is 8.78 Å². The maximum Gasteiger partial charge on any atom is 0.234 e. The van der Waals surface area contributed by atoms with Crippen LogP contribution in [0, 0.1) is 11.6 Å². The zero-order valence-corrected chi connectivity index (χ0v) is 16.6. The van der Waals surface area contributed by atoms with Crippen LogP contribution in [0.4, 0.5) is 8.78 Å². The van der Waals surface area contributed by atoms with Crippen LogP contribution in [0.15, 0.2) is 47.4 Å². The monoisotopic (exact) mass is 405 g/mol. The molecule has 0 saturated carbocycles. The van der Waals surface area contributed by atoms with Crippen LogP contribution in [0.1, 0.15) is 17.5 Å². The number of benzene rings is 2. The summed E-state index contributed by atoms with van der Waals surface area (Å²) in [6, 6.07) is 12.1. The molecule has 28 heavy (non-hydrogen) atoms. The molecule has 1 saturated heterocycles. The van der Waals surface area contributed by atoms with Crippen molar-refractivity contribution in [2.45, 2.75) is 36.4 Å². The number of nitrogens with two attached hydrogens (primary N) is 1. The average Bonchev–Trinajstić information content (AvgIpc) is 3.11. The average molecular weight is 406 g/mol. The van der Waals surface area contributed by atoms with Gasteiger partial charge in [0.1, 0.15) is 0 Å². The van der Waals surface area contributed by atoms with Crippen LogP contribution in [0.5, 0.6) is 0 Å². The van der Waals surface area contributed by atoms with Gasteiger partial charge in [-0.1, -0.05) is 18.2 Å². The zero-order chi connectivity index (χ0) is 20.1. The summed E-state index contributed by atoms with van der Waals surface area (Å²) in [6.45, 7) is 1.99. The topological polar surface area (TPSA) is 58.4 Å². The van der Waals surface area contributed by atoms with Gasteiger partial charge in [-0.05, 0) is 54.5 Å². The normalized spacial score (nSPS) is 19.8. The van der Waals surface area contributed by atoms with Gasteiger partial charge in [0.2, 0.25) is 5.91 Å². The van der Waals surface area contributed by atoms with Crippen molar-refractivity contribution in [1.82, 2.24) is 10.2 Å². The van der Waals surface area contributed by atoms with E-state index in [0.717, 1.165) is 12.6 Å². The number of hydrogen-bond donors (Lipinski definition) is 2. The minimum Gasteiger partial charge on any atom is -0.368 e. The van der Waals surface area contributed by atoms with E-state index in [4.69, 9.17) is 5.73 Å². The molecule has 3 rings (SSSR count). The van der Waals surface area contributed by atoms with Crippen molar-refractivity contribution in [2.75, 3.05) is 19.3 Å². The minimum absolute atomic E-state index is 0.155. The Morgan fingerprint density at radius 3 is 2.54 bits per heavy atom. The minimum atomic E-state index is -0.852. The quantitative estimate of drug-likeness (QED) is 0.663. The first-order valence-electron chi connectivity index (χ1n) is 9.30. The molecule has 2 aromatic rings. The van der Waals surface area contributed by atoms with Crippen LogP contribution in [-0.2, 0) is 17.8 Å². The molecule has 1 amide bonds. The number of primary amides is 1. The lowest BCUT2D eigenvalue weighted by atomic mass is 10.1. The maximum absolute atomic E-state index is 13.4. The molecular weight excluding hydrogens is 380 g/mol. The summed E-state index contributed by atoms with van der Waals surface area (Å²) in [5, 5.41) is 3.50. The smallest absolute Gasteiger partial charge is 0.234 e. The highest BCUT2D eigenvalue weighted by molar-refractivity contribution is 7.98. The van der Waals surface area contributed by atoms with Gasteiger partial charge in [-0.15, -0.1) is 11.8 Å². The van der Waals surface area contributed by atoms with E-state index in [0.29, 0.717) is 31.5 Å². The Morgan fingerprint density at radius 1 is 1.18 bits per heavy atom. The van der Waals surface area contributed by atoms with Crippen LogP contribution >= 0.6 is 11.8 Å². The van der Waals surface area contributed by atoms with E-state index in [1.54, 1.807) is 17.8 Å². The lowest BCUT2D eigenvalue weighted by Crippen LogP contribution is -2.41. The van der Waals surface area contributed by atoms with E-state index >= 15 is 0 Å². The number of carbonyl (C=O) groups is 1. The highest BCUT2D eigenvalue weighted by Gasteiger charge is 2.34. The highest BCUT2D eigenvalue weighted by atomic mass is 32.2. The number of nitrogens with zero attached hydrogens (tertiary/aromatic N) is 1. The first kappa shape index (κ1) is 20.8. The van der Waals surface area contributed by atoms with Crippen LogP contribution in [0.3, 0.4) is 0 Å². The summed E-state index contributed by atoms with van der Waals surface area (Å²) in [7, 11) is 0. The highest BCUT2D eigenvalue weighted by Crippen LogP contribution is 2.20. The third-order valence-corrected chi connectivity index (χ3v) is 5.90. The first-order valence-corrected chi connectivity index (χ1v) is 10.5. The van der Waals surface area contributed by atoms with E-state index < -0.39 is 11.6 Å². The largest absolute Gasteiger partial charge is 0.368 e. The number of likely N-dealkylation sites (tertiary alicyclic amines) is 1. The summed E-state index contributed by atoms with van der Waals surface area (Å²) in [4.78, 5) is 15.1. The third-order valence-electron chi connectivity index (χ3n) is 5.16. The number of halogens is 2. The molecule has 2 atom stereocenters. The Labute approximate surface area is 168 Å². The zero-order valence-electron chi connectivity index (χ0n) is 15.8. The van der Waals surface area contributed by atoms with Crippen molar-refractivity contribution < 1.29 is 13.6 Å². The first-order chi connectivity index (χ1) is 13.5. The van der Waals surface area contributed by atoms with Crippen LogP contribution in [0.25, 0.3) is 0 Å². The fraction of sp³-hybridized carbons (Fsp3) is 0.381. The molecule has 3 N–H and O–H groups in total. The van der Waals surface area contributed by atoms with Gasteiger partial charge in [-0.2, -0.15) is 0 Å². The SMILES string of the molecule is CSc1ccc(CNC2CC(C(N)=O)N(CCc3ccc(F)c(F)c3)C2)cc1. The lowest BCUT2D eigenvalue weighted by molar-refractivity contribution is -0.122. The van der Waals surface area contributed by atoms with Gasteiger partial charge in [0.25, 0.3) is 0 Å². The number of nitrogens with one attached hydrogen (secondary N) is 1. The molecule has 0 spiro atoms. The molecule has 4 nitrogen and oxygen atoms in total. The van der Waals surface area contributed by atoms with Crippen LogP contribution < -0.4 is 11.1 Å². The molecular formula is C21H25F2N3OS. The fourth-order valence-electron chi connectivity index (χ4n) is 3.57. The summed E-state index contributed by atoms with van der Waals surface area (Å²) >= 11 is 1.71. The van der Waals surface area contributed by atoms with E-state index in [-0.39, 0.29) is 18.0 Å². The van der Waals surface area contributed by atoms with Gasteiger partial charge >= 0.3 is 0 Å². The van der Waals surface area contributed by atoms with Gasteiger partial charge in [0.15, 0.2) is 11.6 Å². The summed E-state index contributed by atoms with van der Waals surface area (Å²) in [6.07, 6.45) is 3.23. The second-order valence-electron chi connectivity index (χ2n) is 7.07. The van der Waals surface area contributed by atoms with Crippen molar-refractivity contribution in [1.29, 1.82) is 0 Å². The van der Waals surface area contributed by atoms with E-state index in [2.05, 4.69) is 29.6 Å². The Hall–Kier alpha value is -1.96. The fourth-order valence-corrected chi connectivity index (χ4v) is 3.98. The molecule has 0 radical (unpaired) electrons. The van der Waals surface area contributed by atoms with E-state index in [9.17, 15) is 13.6 Å². The summed E-state index contributed by atoms with van der Waals surface area (Å²) in [5.41, 5.74) is 7.47. The van der Waals surface area contributed by atoms with Crippen LogP contribution in [-0.4, -0.2) is 42.2 Å². The number of thioether (sulfide) groups is 1. The predicted octanol–water partition coefficient (Wildman–Crippen LogP) is 2.95. The standard InChI is InChI=1S/C21H25F2N3OS/c1-28-17-5-2-15(3-6-17)12-25-16-11-20(21(24)27)26(13-16)9-8-14-4-7-18(22)19(23)10-14/h2-7,10,16,20,25H,8-9,11-13H2,1H3,(H2,24,27). The maximum atomic E-state index is 13.4. The Balaban J connectivity index is 1.55. The molecule has 1 fully saturated rings. The molecule has 0 aliphatic carbocycles. The van der Waals surface area contributed by atoms with E-state index in [1.807, 2.05) is 11.2 Å². The second kappa shape index (κ2) is 9.49. The molecule has 0 aromatic heterocycles. The van der Waals surface area contributed by atoms with Crippen molar-refractivity contribution in [3.63, 3.8) is 0 Å². The molecule has 1 aliphatic rings. The van der Waals surface area contributed by atoms with Crippen molar-refractivity contribution >= 4 is 17.7 Å². The van der Waals surface area contributed by atoms with Gasteiger partial charge < -0.3 is 11.1 Å². The lowest BCUT2D eigenvalue weighted by Gasteiger charge is -2.21. The van der Waals surface area contributed by atoms with Crippen molar-refractivity contribution in [3.05, 3.63) is 65.2 Å². The molecule has 2 aromatic carbocycles. The molecule has 2 unspecified atom stereocenters. The predicted molar refractivity (Wildman–Crippen MR) is 108 cm³/mol. The summed E-state index contributed by atoms with van der Waals surface area (Å²) in [5.74, 6) is -2.05. The van der Waals surface area contributed by atoms with Crippen LogP contribution in [0.2, 0.25) is 0 Å². The Morgan fingerprint density at radius 2 is 1.89 bits per heavy atom. The number of amides is 1. The Bertz CT molecular complexity index is 816. The molecule has 7 heteroatoms. The molecule has 1 heterocycles. The van der Waals surface area contributed by atoms with Gasteiger partial charge in [0.05, 0.1) is 6.04 Å². The van der Waals surface area contributed by atoms with Crippen molar-refractivity contribution in [3.8, 4) is 0 Å². The van der Waals surface area contributed by atoms with E-state index in [1.165, 1.54) is 16.5 Å². The van der Waals surface area contributed by atoms with Gasteiger partial charge in [-0.3, -0.25) is 9.69 Å². The summed E-state index contributed by atoms with van der Waals surface area (Å²) < 4.78 is 26.5. The molecule has 1 aliphatic heterocycles. The molecule has 0 bridgehead atoms. The Kier molecular flexibility index (Phi) is 7.04. The number of carbonyl (C=O) groups excluding carboxylic acids is 1. The number of rotatable bonds is 8.